The van der Waals surface area contributed by atoms with Gasteiger partial charge in [-0.3, -0.25) is 28.3 Å². The molecule has 2 fully saturated rings. The van der Waals surface area contributed by atoms with Gasteiger partial charge in [0.05, 0.1) is 38.0 Å². The van der Waals surface area contributed by atoms with Crippen molar-refractivity contribution >= 4 is 34.7 Å². The summed E-state index contributed by atoms with van der Waals surface area (Å²) in [7, 11) is 0. The maximum atomic E-state index is 12.4. The van der Waals surface area contributed by atoms with Gasteiger partial charge in [0.25, 0.3) is 11.5 Å². The van der Waals surface area contributed by atoms with Gasteiger partial charge in [0.15, 0.2) is 29.3 Å². The van der Waals surface area contributed by atoms with E-state index in [4.69, 9.17) is 20.9 Å². The van der Waals surface area contributed by atoms with Crippen LogP contribution in [0.25, 0.3) is 11.2 Å². The molecule has 4 unspecified atom stereocenters. The second kappa shape index (κ2) is 17.1. The maximum Gasteiger partial charge on any atom is 0.279 e. The third kappa shape index (κ3) is 8.14. The number of amides is 3. The summed E-state index contributed by atoms with van der Waals surface area (Å²) in [6.07, 6.45) is -0.812. The molecule has 13 N–H and O–H groups in total. The number of aliphatic hydroxyl groups is 4. The highest BCUT2D eigenvalue weighted by Gasteiger charge is 2.48. The van der Waals surface area contributed by atoms with Crippen molar-refractivity contribution in [1.82, 2.24) is 45.0 Å². The fourth-order valence-electron chi connectivity index (χ4n) is 6.44. The minimum Gasteiger partial charge on any atom is -0.394 e. The van der Waals surface area contributed by atoms with E-state index in [1.807, 2.05) is 13.8 Å². The number of fused-ring (bicyclic) bond motifs is 2. The van der Waals surface area contributed by atoms with Gasteiger partial charge in [-0.2, -0.15) is 0 Å². The summed E-state index contributed by atoms with van der Waals surface area (Å²) in [5.41, 5.74) is 11.8. The highest BCUT2D eigenvalue weighted by molar-refractivity contribution is 6.00. The third-order valence-electron chi connectivity index (χ3n) is 9.23. The van der Waals surface area contributed by atoms with E-state index in [0.717, 1.165) is 12.8 Å². The van der Waals surface area contributed by atoms with E-state index >= 15 is 0 Å². The van der Waals surface area contributed by atoms with Crippen LogP contribution < -0.4 is 38.3 Å². The lowest BCUT2D eigenvalue weighted by molar-refractivity contribution is -0.125. The van der Waals surface area contributed by atoms with Gasteiger partial charge < -0.3 is 67.6 Å². The minimum absolute atomic E-state index is 0.110. The van der Waals surface area contributed by atoms with E-state index in [2.05, 4.69) is 47.8 Å². The molecule has 296 valence electrons. The second-order valence-electron chi connectivity index (χ2n) is 13.2. The number of rotatable bonds is 12. The Balaban J connectivity index is 0.000000208. The number of H-pyrrole nitrogens is 1. The van der Waals surface area contributed by atoms with Gasteiger partial charge in [0, 0.05) is 0 Å². The lowest BCUT2D eigenvalue weighted by Gasteiger charge is -2.27. The highest BCUT2D eigenvalue weighted by Crippen LogP contribution is 2.34. The average molecular weight is 761 g/mol. The van der Waals surface area contributed by atoms with Gasteiger partial charge in [-0.1, -0.05) is 33.3 Å². The number of nitrogens with one attached hydrogen (secondary N) is 5. The van der Waals surface area contributed by atoms with Crippen molar-refractivity contribution in [1.29, 1.82) is 0 Å². The van der Waals surface area contributed by atoms with Crippen LogP contribution in [0.4, 0.5) is 5.82 Å². The summed E-state index contributed by atoms with van der Waals surface area (Å²) >= 11 is 0. The predicted molar refractivity (Wildman–Crippen MR) is 189 cm³/mol. The number of imidazole rings is 2. The molecular weight excluding hydrogens is 712 g/mol. The van der Waals surface area contributed by atoms with Crippen LogP contribution in [0.5, 0.6) is 0 Å². The number of anilines is 1. The van der Waals surface area contributed by atoms with Crippen molar-refractivity contribution in [2.24, 2.45) is 11.5 Å². The Hall–Kier alpha value is -4.81. The Kier molecular flexibility index (Phi) is 12.8. The van der Waals surface area contributed by atoms with E-state index in [1.165, 1.54) is 21.8 Å². The molecule has 2 saturated heterocycles. The highest BCUT2D eigenvalue weighted by atomic mass is 16.6. The van der Waals surface area contributed by atoms with Crippen molar-refractivity contribution in [3.8, 4) is 0 Å². The second-order valence-corrected chi connectivity index (χ2v) is 13.2. The maximum absolute atomic E-state index is 12.4. The molecule has 0 bridgehead atoms. The molecule has 54 heavy (non-hydrogen) atoms. The Labute approximate surface area is 308 Å². The molecule has 0 saturated carbocycles. The number of aliphatic hydroxyl groups excluding tert-OH is 4. The number of nitrogens with two attached hydrogens (primary N) is 2. The van der Waals surface area contributed by atoms with Gasteiger partial charge >= 0.3 is 0 Å². The molecule has 3 amide bonds. The predicted octanol–water partition coefficient (Wildman–Crippen LogP) is -3.34. The monoisotopic (exact) mass is 760 g/mol. The summed E-state index contributed by atoms with van der Waals surface area (Å²) < 4.78 is 14.4. The third-order valence-corrected chi connectivity index (χ3v) is 9.23. The van der Waals surface area contributed by atoms with Crippen LogP contribution in [-0.4, -0.2) is 129 Å². The number of aromatic amines is 1. The number of nitrogens with zero attached hydrogens (tertiary/aromatic N) is 5. The van der Waals surface area contributed by atoms with Gasteiger partial charge in [-0.05, 0) is 19.8 Å². The average Bonchev–Trinajstić information content (AvgIpc) is 3.89. The summed E-state index contributed by atoms with van der Waals surface area (Å²) in [6, 6.07) is -3.23. The molecule has 3 aliphatic heterocycles. The summed E-state index contributed by atoms with van der Waals surface area (Å²) in [5, 5.41) is 50.7. The smallest absolute Gasteiger partial charge is 0.279 e. The Morgan fingerprint density at radius 3 is 1.94 bits per heavy atom. The van der Waals surface area contributed by atoms with E-state index in [1.54, 1.807) is 6.92 Å². The van der Waals surface area contributed by atoms with Crippen LogP contribution in [0.1, 0.15) is 68.3 Å². The number of aromatic nitrogens is 6. The van der Waals surface area contributed by atoms with Crippen LogP contribution in [0.15, 0.2) is 29.8 Å². The summed E-state index contributed by atoms with van der Waals surface area (Å²) in [5.74, 6) is -0.335. The van der Waals surface area contributed by atoms with Crippen LogP contribution in [0.2, 0.25) is 0 Å². The first kappa shape index (κ1) is 40.4. The van der Waals surface area contributed by atoms with E-state index in [0.29, 0.717) is 24.5 Å². The van der Waals surface area contributed by atoms with Gasteiger partial charge in [-0.15, -0.1) is 0 Å². The van der Waals surface area contributed by atoms with Crippen LogP contribution in [-0.2, 0) is 19.1 Å². The van der Waals surface area contributed by atoms with Crippen molar-refractivity contribution < 1.29 is 44.3 Å². The van der Waals surface area contributed by atoms with Gasteiger partial charge in [0.2, 0.25) is 11.8 Å². The molecule has 6 rings (SSSR count). The number of carbonyl (C=O) groups excluding carboxylic acids is 3. The van der Waals surface area contributed by atoms with Crippen LogP contribution >= 0.6 is 0 Å². The van der Waals surface area contributed by atoms with Crippen molar-refractivity contribution in [3.63, 3.8) is 0 Å². The molecule has 0 radical (unpaired) electrons. The largest absolute Gasteiger partial charge is 0.394 e. The molecule has 3 aliphatic rings. The van der Waals surface area contributed by atoms with Crippen molar-refractivity contribution in [2.75, 3.05) is 18.5 Å². The SMILES string of the molecule is C=C1NC(=O)c2ncn([C@@H]3O[C@H](CO)[C@H](O)C3NC(=O)C(N)CCC)c2N1.CCCC(N)C(=O)NC1[C@@H](O)[C@@H](CO)O[C@H]1n1cnc2c(=O)[nH]c(C)nc21. The lowest BCUT2D eigenvalue weighted by atomic mass is 10.1. The molecule has 10 atom stereocenters. The minimum atomic E-state index is -1.17. The zero-order chi connectivity index (χ0) is 39.4. The van der Waals surface area contributed by atoms with Gasteiger partial charge in [0.1, 0.15) is 54.0 Å². The number of aryl methyl sites for hydroxylation is 1. The molecular formula is C32H48N12O10. The summed E-state index contributed by atoms with van der Waals surface area (Å²) in [4.78, 5) is 63.7. The Bertz CT molecular complexity index is 1900. The number of ether oxygens (including phenoxy) is 2. The quantitative estimate of drug-likeness (QED) is 0.0860. The number of carbonyl (C=O) groups is 3. The fraction of sp³-hybridized carbons (Fsp3) is 0.594. The molecule has 3 aromatic heterocycles. The van der Waals surface area contributed by atoms with Gasteiger partial charge in [-0.25, -0.2) is 15.0 Å². The first-order valence-electron chi connectivity index (χ1n) is 17.5. The summed E-state index contributed by atoms with van der Waals surface area (Å²) in [6.45, 7) is 8.23. The first-order chi connectivity index (χ1) is 25.7. The Morgan fingerprint density at radius 2 is 1.43 bits per heavy atom. The standard InChI is InChI=1S/2C16H24N6O5/c2*1-3-4-8(17)14(25)21-10-12(24)9(5-23)27-16(10)22-6-18-11-13(22)19-7(2)20-15(11)26/h6,8-10,12,16,23-24H,3-5,17H2,1-2H3,(H,21,25)(H,19,20,26);6,8-10,12,16,19,23-24H,2-5,17H2,1H3,(H,20,26)(H,21,25)/t2*8?,9-,10?,12+,16-/m11/s1. The zero-order valence-electron chi connectivity index (χ0n) is 30.0. The van der Waals surface area contributed by atoms with E-state index in [9.17, 15) is 39.6 Å². The van der Waals surface area contributed by atoms with E-state index in [-0.39, 0.29) is 22.7 Å². The molecule has 0 aliphatic carbocycles. The topological polar surface area (TPSA) is 332 Å². The normalized spacial score (nSPS) is 27.4. The Morgan fingerprint density at radius 1 is 0.907 bits per heavy atom. The van der Waals surface area contributed by atoms with Crippen LogP contribution in [0, 0.1) is 6.92 Å². The molecule has 3 aromatic rings. The van der Waals surface area contributed by atoms with Crippen molar-refractivity contribution in [2.45, 2.75) is 107 Å². The zero-order valence-corrected chi connectivity index (χ0v) is 30.0. The fourth-order valence-corrected chi connectivity index (χ4v) is 6.44. The molecule has 0 spiro atoms. The lowest BCUT2D eigenvalue weighted by Crippen LogP contribution is -2.51. The molecule has 0 aromatic carbocycles. The number of hydrogen-bond acceptors (Lipinski definition) is 16. The van der Waals surface area contributed by atoms with Crippen molar-refractivity contribution in [3.05, 3.63) is 46.9 Å². The molecule has 22 heteroatoms. The van der Waals surface area contributed by atoms with Crippen LogP contribution in [0.3, 0.4) is 0 Å². The first-order valence-corrected chi connectivity index (χ1v) is 17.5. The number of hydrogen-bond donors (Lipinski definition) is 11. The molecule has 6 heterocycles. The molecule has 22 nitrogen and oxygen atoms in total. The van der Waals surface area contributed by atoms with E-state index < -0.39 is 97.5 Å².